The molecular weight excluding hydrogens is 306 g/mol. The predicted molar refractivity (Wildman–Crippen MR) is 92.5 cm³/mol. The summed E-state index contributed by atoms with van der Waals surface area (Å²) >= 11 is 0. The van der Waals surface area contributed by atoms with Crippen LogP contribution in [0.2, 0.25) is 0 Å². The quantitative estimate of drug-likeness (QED) is 0.811. The Morgan fingerprint density at radius 3 is 2.42 bits per heavy atom. The summed E-state index contributed by atoms with van der Waals surface area (Å²) in [5.41, 5.74) is 0.430. The third-order valence-corrected chi connectivity index (χ3v) is 4.16. The fraction of sp³-hybridized carbons (Fsp3) is 0.389. The van der Waals surface area contributed by atoms with Crippen molar-refractivity contribution < 1.29 is 9.90 Å². The van der Waals surface area contributed by atoms with Gasteiger partial charge in [0.05, 0.1) is 0 Å². The Bertz CT molecular complexity index is 782. The Labute approximate surface area is 141 Å². The Morgan fingerprint density at radius 1 is 1.25 bits per heavy atom. The maximum atomic E-state index is 12.1. The molecule has 0 radical (unpaired) electrons. The summed E-state index contributed by atoms with van der Waals surface area (Å²) in [7, 11) is 5.50. The Balaban J connectivity index is 2.36. The SMILES string of the molecule is CC(=O)c1nc(CC(Cc2ccccc2)N(C)C)n(C)c(=O)c1O. The summed E-state index contributed by atoms with van der Waals surface area (Å²) in [6.45, 7) is 1.29. The summed E-state index contributed by atoms with van der Waals surface area (Å²) in [5, 5.41) is 9.82. The number of benzene rings is 1. The molecule has 1 unspecified atom stereocenters. The molecule has 0 fully saturated rings. The molecule has 1 N–H and O–H groups in total. The number of ketones is 1. The van der Waals surface area contributed by atoms with E-state index < -0.39 is 17.1 Å². The fourth-order valence-electron chi connectivity index (χ4n) is 2.60. The first-order chi connectivity index (χ1) is 11.3. The highest BCUT2D eigenvalue weighted by Gasteiger charge is 2.21. The van der Waals surface area contributed by atoms with Gasteiger partial charge in [0.2, 0.25) is 5.75 Å². The zero-order chi connectivity index (χ0) is 17.9. The number of hydrogen-bond donors (Lipinski definition) is 1. The zero-order valence-electron chi connectivity index (χ0n) is 14.5. The molecule has 0 aliphatic rings. The van der Waals surface area contributed by atoms with Crippen LogP contribution < -0.4 is 5.56 Å². The van der Waals surface area contributed by atoms with Crippen LogP contribution >= 0.6 is 0 Å². The minimum atomic E-state index is -0.595. The maximum Gasteiger partial charge on any atom is 0.296 e. The normalized spacial score (nSPS) is 12.4. The number of hydrogen-bond acceptors (Lipinski definition) is 5. The van der Waals surface area contributed by atoms with Crippen molar-refractivity contribution in [2.45, 2.75) is 25.8 Å². The first kappa shape index (κ1) is 17.9. The lowest BCUT2D eigenvalue weighted by Crippen LogP contribution is -2.35. The second-order valence-corrected chi connectivity index (χ2v) is 6.16. The van der Waals surface area contributed by atoms with E-state index in [4.69, 9.17) is 0 Å². The van der Waals surface area contributed by atoms with Crippen LogP contribution in [0.15, 0.2) is 35.1 Å². The molecule has 1 heterocycles. The van der Waals surface area contributed by atoms with Crippen molar-refractivity contribution in [2.24, 2.45) is 7.05 Å². The fourth-order valence-corrected chi connectivity index (χ4v) is 2.60. The summed E-state index contributed by atoms with van der Waals surface area (Å²) in [6.07, 6.45) is 1.29. The summed E-state index contributed by atoms with van der Waals surface area (Å²) in [4.78, 5) is 30.0. The van der Waals surface area contributed by atoms with Gasteiger partial charge in [0.15, 0.2) is 11.5 Å². The van der Waals surface area contributed by atoms with Crippen LogP contribution in [-0.4, -0.2) is 45.5 Å². The molecule has 1 aromatic heterocycles. The van der Waals surface area contributed by atoms with Crippen molar-refractivity contribution in [3.05, 3.63) is 57.8 Å². The van der Waals surface area contributed by atoms with Crippen LogP contribution in [0.1, 0.15) is 28.8 Å². The molecule has 0 bridgehead atoms. The van der Waals surface area contributed by atoms with Gasteiger partial charge in [-0.3, -0.25) is 14.2 Å². The van der Waals surface area contributed by atoms with Gasteiger partial charge in [-0.25, -0.2) is 4.98 Å². The third-order valence-electron chi connectivity index (χ3n) is 4.16. The molecule has 0 saturated carbocycles. The second kappa shape index (κ2) is 7.40. The summed E-state index contributed by atoms with van der Waals surface area (Å²) in [6, 6.07) is 10.2. The lowest BCUT2D eigenvalue weighted by molar-refractivity contribution is 0.100. The van der Waals surface area contributed by atoms with Crippen LogP contribution in [-0.2, 0) is 19.9 Å². The first-order valence-electron chi connectivity index (χ1n) is 7.81. The number of rotatable bonds is 6. The van der Waals surface area contributed by atoms with E-state index in [1.165, 1.54) is 17.1 Å². The highest BCUT2D eigenvalue weighted by atomic mass is 16.3. The molecule has 1 atom stereocenters. The Morgan fingerprint density at radius 2 is 1.88 bits per heavy atom. The maximum absolute atomic E-state index is 12.1. The number of aromatic hydroxyl groups is 1. The van der Waals surface area contributed by atoms with Gasteiger partial charge in [-0.15, -0.1) is 0 Å². The topological polar surface area (TPSA) is 75.4 Å². The van der Waals surface area contributed by atoms with E-state index in [2.05, 4.69) is 22.0 Å². The van der Waals surface area contributed by atoms with Gasteiger partial charge in [-0.1, -0.05) is 30.3 Å². The van der Waals surface area contributed by atoms with Crippen molar-refractivity contribution in [2.75, 3.05) is 14.1 Å². The number of nitrogens with zero attached hydrogens (tertiary/aromatic N) is 3. The molecular formula is C18H23N3O3. The standard InChI is InChI=1S/C18H23N3O3/c1-12(22)16-17(23)18(24)21(4)15(19-16)11-14(20(2)3)10-13-8-6-5-7-9-13/h5-9,14,23H,10-11H2,1-4H3. The number of likely N-dealkylation sites (N-methyl/N-ethyl adjacent to an activating group) is 1. The molecule has 2 aromatic rings. The van der Waals surface area contributed by atoms with Crippen LogP contribution in [0.4, 0.5) is 0 Å². The number of carbonyl (C=O) groups is 1. The van der Waals surface area contributed by atoms with E-state index in [0.717, 1.165) is 6.42 Å². The smallest absolute Gasteiger partial charge is 0.296 e. The highest BCUT2D eigenvalue weighted by molar-refractivity contribution is 5.94. The molecule has 0 saturated heterocycles. The molecule has 0 aliphatic carbocycles. The van der Waals surface area contributed by atoms with Gasteiger partial charge in [0.1, 0.15) is 5.82 Å². The van der Waals surface area contributed by atoms with Gasteiger partial charge in [0, 0.05) is 26.4 Å². The molecule has 0 spiro atoms. The van der Waals surface area contributed by atoms with E-state index in [1.807, 2.05) is 32.3 Å². The van der Waals surface area contributed by atoms with E-state index in [-0.39, 0.29) is 11.7 Å². The average Bonchev–Trinajstić information content (AvgIpc) is 2.55. The van der Waals surface area contributed by atoms with E-state index >= 15 is 0 Å². The third kappa shape index (κ3) is 3.89. The molecule has 2 rings (SSSR count). The molecule has 6 nitrogen and oxygen atoms in total. The minimum Gasteiger partial charge on any atom is -0.501 e. The average molecular weight is 329 g/mol. The lowest BCUT2D eigenvalue weighted by Gasteiger charge is -2.25. The minimum absolute atomic E-state index is 0.106. The zero-order valence-corrected chi connectivity index (χ0v) is 14.5. The summed E-state index contributed by atoms with van der Waals surface area (Å²) < 4.78 is 1.31. The van der Waals surface area contributed by atoms with Gasteiger partial charge in [-0.2, -0.15) is 0 Å². The highest BCUT2D eigenvalue weighted by Crippen LogP contribution is 2.14. The van der Waals surface area contributed by atoms with Crippen molar-refractivity contribution in [1.82, 2.24) is 14.5 Å². The summed E-state index contributed by atoms with van der Waals surface area (Å²) in [5.74, 6) is -0.522. The van der Waals surface area contributed by atoms with E-state index in [1.54, 1.807) is 7.05 Å². The number of carbonyl (C=O) groups excluding carboxylic acids is 1. The number of Topliss-reactive ketones (excluding diaryl/α,β-unsaturated/α-hetero) is 1. The van der Waals surface area contributed by atoms with Crippen LogP contribution in [0.5, 0.6) is 5.75 Å². The van der Waals surface area contributed by atoms with Gasteiger partial charge in [0.25, 0.3) is 5.56 Å². The van der Waals surface area contributed by atoms with Gasteiger partial charge >= 0.3 is 0 Å². The van der Waals surface area contributed by atoms with Gasteiger partial charge in [-0.05, 0) is 26.1 Å². The molecule has 24 heavy (non-hydrogen) atoms. The van der Waals surface area contributed by atoms with E-state index in [9.17, 15) is 14.7 Å². The Kier molecular flexibility index (Phi) is 5.51. The van der Waals surface area contributed by atoms with Crippen molar-refractivity contribution in [3.63, 3.8) is 0 Å². The molecule has 1 aromatic carbocycles. The monoisotopic (exact) mass is 329 g/mol. The van der Waals surface area contributed by atoms with Gasteiger partial charge < -0.3 is 10.0 Å². The van der Waals surface area contributed by atoms with Crippen LogP contribution in [0.25, 0.3) is 0 Å². The van der Waals surface area contributed by atoms with Crippen molar-refractivity contribution in [3.8, 4) is 5.75 Å². The second-order valence-electron chi connectivity index (χ2n) is 6.16. The van der Waals surface area contributed by atoms with Crippen LogP contribution in [0.3, 0.4) is 0 Å². The molecule has 128 valence electrons. The first-order valence-corrected chi connectivity index (χ1v) is 7.81. The Hall–Kier alpha value is -2.47. The largest absolute Gasteiger partial charge is 0.501 e. The molecule has 0 amide bonds. The molecule has 6 heteroatoms. The lowest BCUT2D eigenvalue weighted by atomic mass is 10.0. The number of aromatic nitrogens is 2. The van der Waals surface area contributed by atoms with Crippen LogP contribution in [0, 0.1) is 0 Å². The predicted octanol–water partition coefficient (Wildman–Crippen LogP) is 1.40. The van der Waals surface area contributed by atoms with Crippen molar-refractivity contribution >= 4 is 5.78 Å². The molecule has 0 aliphatic heterocycles. The van der Waals surface area contributed by atoms with Crippen molar-refractivity contribution in [1.29, 1.82) is 0 Å². The van der Waals surface area contributed by atoms with E-state index in [0.29, 0.717) is 12.2 Å².